The number of fused-ring (bicyclic) bond motifs is 3. The quantitative estimate of drug-likeness (QED) is 0.853. The molecule has 0 spiro atoms. The lowest BCUT2D eigenvalue weighted by Crippen LogP contribution is -2.38. The van der Waals surface area contributed by atoms with Gasteiger partial charge in [-0.2, -0.15) is 0 Å². The van der Waals surface area contributed by atoms with Crippen molar-refractivity contribution in [3.05, 3.63) is 16.8 Å². The van der Waals surface area contributed by atoms with Gasteiger partial charge in [0.25, 0.3) is 0 Å². The van der Waals surface area contributed by atoms with E-state index in [4.69, 9.17) is 4.74 Å². The molecule has 0 bridgehead atoms. The van der Waals surface area contributed by atoms with E-state index in [1.807, 2.05) is 11.3 Å². The lowest BCUT2D eigenvalue weighted by atomic mass is 10.1. The maximum Gasteiger partial charge on any atom is 0.141 e. The van der Waals surface area contributed by atoms with Gasteiger partial charge in [-0.1, -0.05) is 13.8 Å². The zero-order valence-electron chi connectivity index (χ0n) is 14.0. The SMILES string of the molecule is CC(C)COC1CCN(c2ncnc3sc4c(c23)CCC4)CC1. The summed E-state index contributed by atoms with van der Waals surface area (Å²) in [6, 6.07) is 0. The lowest BCUT2D eigenvalue weighted by Gasteiger charge is -2.33. The molecule has 1 saturated heterocycles. The van der Waals surface area contributed by atoms with Crippen molar-refractivity contribution in [2.45, 2.75) is 52.1 Å². The predicted molar refractivity (Wildman–Crippen MR) is 95.5 cm³/mol. The number of thiophene rings is 1. The number of piperidine rings is 1. The van der Waals surface area contributed by atoms with Crippen LogP contribution in [0.15, 0.2) is 6.33 Å². The first-order chi connectivity index (χ1) is 11.2. The number of ether oxygens (including phenoxy) is 1. The Bertz CT molecular complexity index is 689. The predicted octanol–water partition coefficient (Wildman–Crippen LogP) is 3.82. The van der Waals surface area contributed by atoms with E-state index in [0.29, 0.717) is 12.0 Å². The molecule has 0 N–H and O–H groups in total. The van der Waals surface area contributed by atoms with Crippen LogP contribution in [0, 0.1) is 5.92 Å². The Morgan fingerprint density at radius 2 is 2.09 bits per heavy atom. The van der Waals surface area contributed by atoms with Crippen molar-refractivity contribution in [2.24, 2.45) is 5.92 Å². The standard InChI is InChI=1S/C18H25N3OS/c1-12(2)10-22-13-6-8-21(9-7-13)17-16-14-4-3-5-15(14)23-18(16)20-11-19-17/h11-13H,3-10H2,1-2H3. The summed E-state index contributed by atoms with van der Waals surface area (Å²) >= 11 is 1.87. The van der Waals surface area contributed by atoms with Crippen LogP contribution in [0.4, 0.5) is 5.82 Å². The van der Waals surface area contributed by atoms with Crippen LogP contribution < -0.4 is 4.90 Å². The van der Waals surface area contributed by atoms with Crippen LogP contribution in [-0.2, 0) is 17.6 Å². The molecule has 4 nitrogen and oxygen atoms in total. The third-order valence-electron chi connectivity index (χ3n) is 4.89. The third kappa shape index (κ3) is 2.96. The summed E-state index contributed by atoms with van der Waals surface area (Å²) in [5.41, 5.74) is 1.53. The molecule has 23 heavy (non-hydrogen) atoms. The number of rotatable bonds is 4. The second-order valence-electron chi connectivity index (χ2n) is 7.15. The number of anilines is 1. The Hall–Kier alpha value is -1.20. The number of nitrogens with zero attached hydrogens (tertiary/aromatic N) is 3. The van der Waals surface area contributed by atoms with Gasteiger partial charge in [-0.25, -0.2) is 9.97 Å². The first-order valence-corrected chi connectivity index (χ1v) is 9.66. The fourth-order valence-corrected chi connectivity index (χ4v) is 4.94. The minimum Gasteiger partial charge on any atom is -0.378 e. The highest BCUT2D eigenvalue weighted by Gasteiger charge is 2.26. The van der Waals surface area contributed by atoms with Crippen LogP contribution in [0.25, 0.3) is 10.2 Å². The van der Waals surface area contributed by atoms with E-state index < -0.39 is 0 Å². The average Bonchev–Trinajstić information content (AvgIpc) is 3.13. The van der Waals surface area contributed by atoms with E-state index in [1.165, 1.54) is 39.9 Å². The molecule has 0 amide bonds. The molecule has 4 rings (SSSR count). The molecule has 1 aliphatic heterocycles. The molecule has 0 radical (unpaired) electrons. The molecule has 0 atom stereocenters. The maximum absolute atomic E-state index is 6.02. The minimum atomic E-state index is 0.416. The molecule has 3 heterocycles. The van der Waals surface area contributed by atoms with Crippen LogP contribution in [0.3, 0.4) is 0 Å². The van der Waals surface area contributed by atoms with E-state index in [-0.39, 0.29) is 0 Å². The first kappa shape index (κ1) is 15.3. The van der Waals surface area contributed by atoms with E-state index in [2.05, 4.69) is 28.7 Å². The van der Waals surface area contributed by atoms with E-state index in [9.17, 15) is 0 Å². The summed E-state index contributed by atoms with van der Waals surface area (Å²) in [6.07, 6.45) is 8.07. The zero-order valence-corrected chi connectivity index (χ0v) is 14.9. The van der Waals surface area contributed by atoms with Crippen molar-refractivity contribution in [2.75, 3.05) is 24.6 Å². The number of hydrogen-bond donors (Lipinski definition) is 0. The Labute approximate surface area is 141 Å². The monoisotopic (exact) mass is 331 g/mol. The molecule has 2 aliphatic rings. The van der Waals surface area contributed by atoms with Crippen LogP contribution in [0.1, 0.15) is 43.6 Å². The largest absolute Gasteiger partial charge is 0.378 e. The Morgan fingerprint density at radius 3 is 2.87 bits per heavy atom. The summed E-state index contributed by atoms with van der Waals surface area (Å²) in [7, 11) is 0. The van der Waals surface area contributed by atoms with Gasteiger partial charge in [0.1, 0.15) is 17.0 Å². The average molecular weight is 331 g/mol. The van der Waals surface area contributed by atoms with Gasteiger partial charge in [-0.3, -0.25) is 0 Å². The third-order valence-corrected chi connectivity index (χ3v) is 6.09. The van der Waals surface area contributed by atoms with E-state index >= 15 is 0 Å². The number of hydrogen-bond acceptors (Lipinski definition) is 5. The topological polar surface area (TPSA) is 38.2 Å². The van der Waals surface area contributed by atoms with Crippen molar-refractivity contribution in [3.63, 3.8) is 0 Å². The van der Waals surface area contributed by atoms with Gasteiger partial charge in [-0.05, 0) is 43.6 Å². The highest BCUT2D eigenvalue weighted by atomic mass is 32.1. The fraction of sp³-hybridized carbons (Fsp3) is 0.667. The van der Waals surface area contributed by atoms with Crippen LogP contribution in [0.5, 0.6) is 0 Å². The van der Waals surface area contributed by atoms with Crippen molar-refractivity contribution in [1.29, 1.82) is 0 Å². The molecule has 1 fully saturated rings. The van der Waals surface area contributed by atoms with Gasteiger partial charge < -0.3 is 9.64 Å². The molecule has 2 aromatic heterocycles. The van der Waals surface area contributed by atoms with Gasteiger partial charge in [0.15, 0.2) is 0 Å². The molecule has 2 aromatic rings. The van der Waals surface area contributed by atoms with Crippen molar-refractivity contribution >= 4 is 27.4 Å². The smallest absolute Gasteiger partial charge is 0.141 e. The summed E-state index contributed by atoms with van der Waals surface area (Å²) in [4.78, 5) is 14.3. The molecule has 0 saturated carbocycles. The highest BCUT2D eigenvalue weighted by Crippen LogP contribution is 2.40. The molecular weight excluding hydrogens is 306 g/mol. The highest BCUT2D eigenvalue weighted by molar-refractivity contribution is 7.19. The van der Waals surface area contributed by atoms with Crippen LogP contribution in [0.2, 0.25) is 0 Å². The van der Waals surface area contributed by atoms with Gasteiger partial charge in [-0.15, -0.1) is 11.3 Å². The van der Waals surface area contributed by atoms with Crippen molar-refractivity contribution in [1.82, 2.24) is 9.97 Å². The summed E-state index contributed by atoms with van der Waals surface area (Å²) < 4.78 is 6.02. The van der Waals surface area contributed by atoms with Gasteiger partial charge in [0.2, 0.25) is 0 Å². The fourth-order valence-electron chi connectivity index (χ4n) is 3.71. The van der Waals surface area contributed by atoms with Crippen LogP contribution in [-0.4, -0.2) is 35.8 Å². The van der Waals surface area contributed by atoms with E-state index in [1.54, 1.807) is 6.33 Å². The van der Waals surface area contributed by atoms with Gasteiger partial charge in [0.05, 0.1) is 11.5 Å². The van der Waals surface area contributed by atoms with E-state index in [0.717, 1.165) is 38.4 Å². The Balaban J connectivity index is 1.52. The van der Waals surface area contributed by atoms with Crippen molar-refractivity contribution in [3.8, 4) is 0 Å². The second kappa shape index (κ2) is 6.36. The zero-order chi connectivity index (χ0) is 15.8. The number of aryl methyl sites for hydroxylation is 2. The normalized spacial score (nSPS) is 19.0. The molecular formula is C18H25N3OS. The maximum atomic E-state index is 6.02. The molecule has 0 unspecified atom stereocenters. The summed E-state index contributed by atoms with van der Waals surface area (Å²) in [5, 5.41) is 1.34. The molecule has 1 aliphatic carbocycles. The lowest BCUT2D eigenvalue weighted by molar-refractivity contribution is 0.0214. The number of aromatic nitrogens is 2. The molecule has 5 heteroatoms. The molecule has 124 valence electrons. The summed E-state index contributed by atoms with van der Waals surface area (Å²) in [5.74, 6) is 1.78. The first-order valence-electron chi connectivity index (χ1n) is 8.84. The van der Waals surface area contributed by atoms with Crippen LogP contribution >= 0.6 is 11.3 Å². The van der Waals surface area contributed by atoms with Crippen molar-refractivity contribution < 1.29 is 4.74 Å². The minimum absolute atomic E-state index is 0.416. The Kier molecular flexibility index (Phi) is 4.24. The van der Waals surface area contributed by atoms with Gasteiger partial charge in [0, 0.05) is 24.6 Å². The Morgan fingerprint density at radius 1 is 1.26 bits per heavy atom. The molecule has 0 aromatic carbocycles. The second-order valence-corrected chi connectivity index (χ2v) is 8.23. The summed E-state index contributed by atoms with van der Waals surface area (Å²) in [6.45, 7) is 7.38. The van der Waals surface area contributed by atoms with Gasteiger partial charge >= 0.3 is 0 Å².